The minimum Gasteiger partial charge on any atom is -0.492 e. The maximum absolute atomic E-state index is 10.7. The molecule has 0 saturated heterocycles. The second-order valence-electron chi connectivity index (χ2n) is 3.02. The molecule has 15 heavy (non-hydrogen) atoms. The number of para-hydroxylation sites is 1. The second kappa shape index (κ2) is 6.75. The van der Waals surface area contributed by atoms with Gasteiger partial charge in [-0.3, -0.25) is 4.79 Å². The average molecular weight is 245 g/mol. The largest absolute Gasteiger partial charge is 0.492 e. The summed E-state index contributed by atoms with van der Waals surface area (Å²) in [6, 6.07) is 9.49. The number of rotatable bonds is 5. The molecule has 0 bridgehead atoms. The first-order valence-corrected chi connectivity index (χ1v) is 6.06. The molecular formula is C11H13ClO2S. The van der Waals surface area contributed by atoms with Crippen molar-refractivity contribution in [1.82, 2.24) is 0 Å². The molecule has 2 nitrogen and oxygen atoms in total. The van der Waals surface area contributed by atoms with E-state index < -0.39 is 0 Å². The predicted octanol–water partition coefficient (Wildman–Crippen LogP) is 2.95. The van der Waals surface area contributed by atoms with Gasteiger partial charge in [-0.15, -0.1) is 11.6 Å². The molecule has 0 amide bonds. The van der Waals surface area contributed by atoms with Crippen molar-refractivity contribution in [3.8, 4) is 5.75 Å². The van der Waals surface area contributed by atoms with Crippen molar-refractivity contribution < 1.29 is 9.53 Å². The van der Waals surface area contributed by atoms with E-state index in [1.165, 1.54) is 18.7 Å². The van der Waals surface area contributed by atoms with Gasteiger partial charge in [0, 0.05) is 12.7 Å². The zero-order chi connectivity index (χ0) is 11.1. The maximum atomic E-state index is 10.7. The molecule has 0 spiro atoms. The summed E-state index contributed by atoms with van der Waals surface area (Å²) in [4.78, 5) is 10.7. The molecule has 0 aromatic heterocycles. The minimum absolute atomic E-state index is 0.0837. The lowest BCUT2D eigenvalue weighted by Gasteiger charge is -2.09. The van der Waals surface area contributed by atoms with Gasteiger partial charge in [-0.1, -0.05) is 30.0 Å². The van der Waals surface area contributed by atoms with Crippen LogP contribution in [0.1, 0.15) is 6.92 Å². The Morgan fingerprint density at radius 1 is 1.47 bits per heavy atom. The number of carbonyl (C=O) groups is 1. The van der Waals surface area contributed by atoms with Crippen LogP contribution in [0.3, 0.4) is 0 Å². The summed E-state index contributed by atoms with van der Waals surface area (Å²) in [5, 5.41) is -0.0560. The number of carbonyl (C=O) groups excluding carboxylic acids is 1. The van der Waals surface area contributed by atoms with Gasteiger partial charge in [-0.25, -0.2) is 0 Å². The second-order valence-corrected chi connectivity index (χ2v) is 4.84. The summed E-state index contributed by atoms with van der Waals surface area (Å²) >= 11 is 7.20. The first kappa shape index (κ1) is 12.4. The summed E-state index contributed by atoms with van der Waals surface area (Å²) in [7, 11) is 0. The standard InChI is InChI=1S/C11H13ClO2S/c1-9(13)15-8-10(12)7-14-11-5-3-2-4-6-11/h2-6,10H,7-8H2,1H3. The molecule has 4 heteroatoms. The van der Waals surface area contributed by atoms with Crippen molar-refractivity contribution in [3.05, 3.63) is 30.3 Å². The highest BCUT2D eigenvalue weighted by Gasteiger charge is 2.07. The van der Waals surface area contributed by atoms with Gasteiger partial charge >= 0.3 is 0 Å². The Balaban J connectivity index is 2.22. The van der Waals surface area contributed by atoms with E-state index in [-0.39, 0.29) is 10.5 Å². The van der Waals surface area contributed by atoms with Crippen molar-refractivity contribution >= 4 is 28.5 Å². The number of hydrogen-bond donors (Lipinski definition) is 0. The van der Waals surface area contributed by atoms with Gasteiger partial charge in [0.2, 0.25) is 0 Å². The van der Waals surface area contributed by atoms with Gasteiger partial charge in [0.05, 0.1) is 5.38 Å². The SMILES string of the molecule is CC(=O)SCC(Cl)COc1ccccc1. The Morgan fingerprint density at radius 2 is 2.13 bits per heavy atom. The molecule has 0 saturated carbocycles. The van der Waals surface area contributed by atoms with Crippen LogP contribution in [0.5, 0.6) is 5.75 Å². The molecule has 1 aromatic carbocycles. The lowest BCUT2D eigenvalue weighted by molar-refractivity contribution is -0.109. The number of alkyl halides is 1. The lowest BCUT2D eigenvalue weighted by Crippen LogP contribution is -2.14. The molecule has 0 aliphatic carbocycles. The van der Waals surface area contributed by atoms with Crippen molar-refractivity contribution in [2.45, 2.75) is 12.3 Å². The van der Waals surface area contributed by atoms with E-state index in [1.807, 2.05) is 30.3 Å². The van der Waals surface area contributed by atoms with Crippen molar-refractivity contribution in [1.29, 1.82) is 0 Å². The van der Waals surface area contributed by atoms with Gasteiger partial charge < -0.3 is 4.74 Å². The maximum Gasteiger partial charge on any atom is 0.185 e. The van der Waals surface area contributed by atoms with E-state index >= 15 is 0 Å². The molecule has 82 valence electrons. The molecule has 0 N–H and O–H groups in total. The zero-order valence-corrected chi connectivity index (χ0v) is 10.1. The van der Waals surface area contributed by atoms with Crippen LogP contribution < -0.4 is 4.74 Å². The predicted molar refractivity (Wildman–Crippen MR) is 64.7 cm³/mol. The molecular weight excluding hydrogens is 232 g/mol. The van der Waals surface area contributed by atoms with E-state index in [2.05, 4.69) is 0 Å². The highest BCUT2D eigenvalue weighted by Crippen LogP contribution is 2.13. The number of hydrogen-bond acceptors (Lipinski definition) is 3. The molecule has 1 atom stereocenters. The van der Waals surface area contributed by atoms with Crippen LogP contribution in [0.25, 0.3) is 0 Å². The molecule has 1 unspecified atom stereocenters. The zero-order valence-electron chi connectivity index (χ0n) is 8.48. The molecule has 0 aliphatic heterocycles. The van der Waals surface area contributed by atoms with Crippen LogP contribution in [-0.2, 0) is 4.79 Å². The van der Waals surface area contributed by atoms with Crippen molar-refractivity contribution in [3.63, 3.8) is 0 Å². The Hall–Kier alpha value is -0.670. The summed E-state index contributed by atoms with van der Waals surface area (Å²) in [5.74, 6) is 1.39. The lowest BCUT2D eigenvalue weighted by atomic mass is 10.3. The number of ether oxygens (including phenoxy) is 1. The Bertz CT molecular complexity index is 303. The van der Waals surface area contributed by atoms with Gasteiger partial charge in [0.25, 0.3) is 0 Å². The third kappa shape index (κ3) is 5.70. The number of benzene rings is 1. The van der Waals surface area contributed by atoms with Gasteiger partial charge in [0.15, 0.2) is 5.12 Å². The number of thioether (sulfide) groups is 1. The van der Waals surface area contributed by atoms with Crippen LogP contribution >= 0.6 is 23.4 Å². The third-order valence-corrected chi connectivity index (χ3v) is 3.08. The van der Waals surface area contributed by atoms with E-state index in [0.29, 0.717) is 12.4 Å². The van der Waals surface area contributed by atoms with Gasteiger partial charge in [0.1, 0.15) is 12.4 Å². The topological polar surface area (TPSA) is 26.3 Å². The van der Waals surface area contributed by atoms with Gasteiger partial charge in [-0.05, 0) is 12.1 Å². The Labute approximate surface area is 99.0 Å². The third-order valence-electron chi connectivity index (χ3n) is 1.64. The Kier molecular flexibility index (Phi) is 5.58. The van der Waals surface area contributed by atoms with Crippen LogP contribution in [0.15, 0.2) is 30.3 Å². The van der Waals surface area contributed by atoms with Crippen LogP contribution in [0.4, 0.5) is 0 Å². The van der Waals surface area contributed by atoms with E-state index in [1.54, 1.807) is 0 Å². The fraction of sp³-hybridized carbons (Fsp3) is 0.364. The smallest absolute Gasteiger partial charge is 0.185 e. The molecule has 0 heterocycles. The van der Waals surface area contributed by atoms with Crippen molar-refractivity contribution in [2.24, 2.45) is 0 Å². The molecule has 1 aromatic rings. The normalized spacial score (nSPS) is 12.1. The molecule has 0 aliphatic rings. The summed E-state index contributed by atoms with van der Waals surface area (Å²) in [5.41, 5.74) is 0. The van der Waals surface area contributed by atoms with E-state index in [4.69, 9.17) is 16.3 Å². The molecule has 1 rings (SSSR count). The minimum atomic E-state index is -0.140. The summed E-state index contributed by atoms with van der Waals surface area (Å²) in [6.45, 7) is 1.96. The average Bonchev–Trinajstić information content (AvgIpc) is 2.25. The molecule has 0 radical (unpaired) electrons. The fourth-order valence-corrected chi connectivity index (χ4v) is 1.72. The van der Waals surface area contributed by atoms with Crippen LogP contribution in [0.2, 0.25) is 0 Å². The summed E-state index contributed by atoms with van der Waals surface area (Å²) < 4.78 is 5.44. The summed E-state index contributed by atoms with van der Waals surface area (Å²) in [6.07, 6.45) is 0. The Morgan fingerprint density at radius 3 is 2.73 bits per heavy atom. The van der Waals surface area contributed by atoms with Crippen molar-refractivity contribution in [2.75, 3.05) is 12.4 Å². The highest BCUT2D eigenvalue weighted by molar-refractivity contribution is 8.13. The van der Waals surface area contributed by atoms with Gasteiger partial charge in [-0.2, -0.15) is 0 Å². The number of halogens is 1. The quantitative estimate of drug-likeness (QED) is 0.745. The first-order chi connectivity index (χ1) is 7.18. The highest BCUT2D eigenvalue weighted by atomic mass is 35.5. The van der Waals surface area contributed by atoms with Crippen LogP contribution in [0, 0.1) is 0 Å². The van der Waals surface area contributed by atoms with E-state index in [0.717, 1.165) is 5.75 Å². The first-order valence-electron chi connectivity index (χ1n) is 4.64. The van der Waals surface area contributed by atoms with E-state index in [9.17, 15) is 4.79 Å². The monoisotopic (exact) mass is 244 g/mol. The fourth-order valence-electron chi connectivity index (χ4n) is 0.959. The molecule has 0 fully saturated rings. The van der Waals surface area contributed by atoms with Crippen LogP contribution in [-0.4, -0.2) is 22.9 Å².